The number of rotatable bonds is 6. The number of aromatic nitrogens is 1. The Kier molecular flexibility index (Phi) is 5.61. The standard InChI is InChI=1S/C12H20N2OS2/c1-15-6-5-10-9-17-12(14-10)13-8-11-4-2-3-7-16-11/h9,11H,2-8H2,1H3,(H,13,14). The molecule has 1 atom stereocenters. The van der Waals surface area contributed by atoms with Gasteiger partial charge in [-0.25, -0.2) is 4.98 Å². The van der Waals surface area contributed by atoms with Gasteiger partial charge in [0.2, 0.25) is 0 Å². The van der Waals surface area contributed by atoms with Crippen molar-refractivity contribution < 1.29 is 4.74 Å². The molecule has 17 heavy (non-hydrogen) atoms. The van der Waals surface area contributed by atoms with Crippen LogP contribution in [0, 0.1) is 0 Å². The summed E-state index contributed by atoms with van der Waals surface area (Å²) in [6.07, 6.45) is 5.03. The Morgan fingerprint density at radius 3 is 3.24 bits per heavy atom. The van der Waals surface area contributed by atoms with Crippen LogP contribution in [0.1, 0.15) is 25.0 Å². The second-order valence-electron chi connectivity index (χ2n) is 4.26. The molecule has 0 bridgehead atoms. The zero-order valence-corrected chi connectivity index (χ0v) is 11.9. The number of hydrogen-bond acceptors (Lipinski definition) is 5. The fourth-order valence-electron chi connectivity index (χ4n) is 1.88. The fraction of sp³-hybridized carbons (Fsp3) is 0.750. The predicted octanol–water partition coefficient (Wildman–Crippen LogP) is 3.03. The molecule has 1 saturated heterocycles. The lowest BCUT2D eigenvalue weighted by Gasteiger charge is -2.21. The first kappa shape index (κ1) is 13.2. The second-order valence-corrected chi connectivity index (χ2v) is 6.52. The van der Waals surface area contributed by atoms with E-state index in [1.165, 1.54) is 25.0 Å². The highest BCUT2D eigenvalue weighted by atomic mass is 32.2. The lowest BCUT2D eigenvalue weighted by atomic mass is 10.2. The summed E-state index contributed by atoms with van der Waals surface area (Å²) in [6, 6.07) is 0. The third kappa shape index (κ3) is 4.48. The zero-order chi connectivity index (χ0) is 11.9. The van der Waals surface area contributed by atoms with Crippen molar-refractivity contribution in [1.82, 2.24) is 4.98 Å². The van der Waals surface area contributed by atoms with Crippen molar-refractivity contribution in [1.29, 1.82) is 0 Å². The van der Waals surface area contributed by atoms with Crippen LogP contribution in [-0.2, 0) is 11.2 Å². The van der Waals surface area contributed by atoms with E-state index < -0.39 is 0 Å². The molecule has 3 nitrogen and oxygen atoms in total. The maximum Gasteiger partial charge on any atom is 0.182 e. The summed E-state index contributed by atoms with van der Waals surface area (Å²) >= 11 is 3.80. The largest absolute Gasteiger partial charge is 0.384 e. The quantitative estimate of drug-likeness (QED) is 0.863. The Bertz CT molecular complexity index is 324. The van der Waals surface area contributed by atoms with E-state index >= 15 is 0 Å². The number of hydrogen-bond donors (Lipinski definition) is 1. The number of methoxy groups -OCH3 is 1. The van der Waals surface area contributed by atoms with Gasteiger partial charge >= 0.3 is 0 Å². The second kappa shape index (κ2) is 7.24. The third-order valence-corrected chi connectivity index (χ3v) is 5.12. The van der Waals surface area contributed by atoms with Gasteiger partial charge in [-0.1, -0.05) is 6.42 Å². The first-order chi connectivity index (χ1) is 8.38. The molecular formula is C12H20N2OS2. The number of nitrogens with one attached hydrogen (secondary N) is 1. The average Bonchev–Trinajstić information content (AvgIpc) is 2.83. The van der Waals surface area contributed by atoms with Crippen LogP contribution in [0.25, 0.3) is 0 Å². The van der Waals surface area contributed by atoms with E-state index in [1.807, 2.05) is 0 Å². The summed E-state index contributed by atoms with van der Waals surface area (Å²) in [4.78, 5) is 4.55. The molecule has 0 saturated carbocycles. The summed E-state index contributed by atoms with van der Waals surface area (Å²) in [6.45, 7) is 1.81. The minimum absolute atomic E-state index is 0.752. The average molecular weight is 272 g/mol. The Labute approximate surface area is 111 Å². The van der Waals surface area contributed by atoms with E-state index in [0.29, 0.717) is 0 Å². The van der Waals surface area contributed by atoms with Gasteiger partial charge in [0.25, 0.3) is 0 Å². The molecule has 96 valence electrons. The van der Waals surface area contributed by atoms with Crippen LogP contribution >= 0.6 is 23.1 Å². The van der Waals surface area contributed by atoms with Crippen LogP contribution in [0.4, 0.5) is 5.13 Å². The number of ether oxygens (including phenoxy) is 1. The molecule has 1 N–H and O–H groups in total. The molecule has 0 spiro atoms. The van der Waals surface area contributed by atoms with Crippen LogP contribution in [0.3, 0.4) is 0 Å². The maximum atomic E-state index is 5.05. The molecule has 1 aliphatic heterocycles. The van der Waals surface area contributed by atoms with Gasteiger partial charge in [-0.3, -0.25) is 0 Å². The number of thioether (sulfide) groups is 1. The summed E-state index contributed by atoms with van der Waals surface area (Å²) < 4.78 is 5.05. The number of anilines is 1. The van der Waals surface area contributed by atoms with E-state index in [4.69, 9.17) is 4.74 Å². The number of nitrogens with zero attached hydrogens (tertiary/aromatic N) is 1. The Morgan fingerprint density at radius 2 is 2.47 bits per heavy atom. The smallest absolute Gasteiger partial charge is 0.182 e. The van der Waals surface area contributed by atoms with E-state index in [-0.39, 0.29) is 0 Å². The topological polar surface area (TPSA) is 34.1 Å². The van der Waals surface area contributed by atoms with E-state index in [0.717, 1.165) is 35.6 Å². The van der Waals surface area contributed by atoms with Crippen molar-refractivity contribution in [2.24, 2.45) is 0 Å². The molecule has 5 heteroatoms. The van der Waals surface area contributed by atoms with Crippen LogP contribution in [0.5, 0.6) is 0 Å². The van der Waals surface area contributed by atoms with E-state index in [9.17, 15) is 0 Å². The molecule has 1 aliphatic rings. The fourth-order valence-corrected chi connectivity index (χ4v) is 3.87. The Hall–Kier alpha value is -0.260. The van der Waals surface area contributed by atoms with Crippen molar-refractivity contribution in [2.45, 2.75) is 30.9 Å². The van der Waals surface area contributed by atoms with Gasteiger partial charge in [0.15, 0.2) is 5.13 Å². The van der Waals surface area contributed by atoms with Crippen LogP contribution in [0.15, 0.2) is 5.38 Å². The zero-order valence-electron chi connectivity index (χ0n) is 10.3. The minimum Gasteiger partial charge on any atom is -0.384 e. The van der Waals surface area contributed by atoms with Crippen LogP contribution in [-0.4, -0.2) is 36.2 Å². The molecular weight excluding hydrogens is 252 g/mol. The molecule has 1 unspecified atom stereocenters. The lowest BCUT2D eigenvalue weighted by Crippen LogP contribution is -2.19. The molecule has 0 amide bonds. The van der Waals surface area contributed by atoms with Gasteiger partial charge < -0.3 is 10.1 Å². The van der Waals surface area contributed by atoms with Crippen molar-refractivity contribution in [3.63, 3.8) is 0 Å². The van der Waals surface area contributed by atoms with Crippen molar-refractivity contribution in [3.05, 3.63) is 11.1 Å². The molecule has 2 rings (SSSR count). The van der Waals surface area contributed by atoms with Gasteiger partial charge in [-0.05, 0) is 18.6 Å². The Balaban J connectivity index is 1.72. The highest BCUT2D eigenvalue weighted by Crippen LogP contribution is 2.25. The van der Waals surface area contributed by atoms with Gasteiger partial charge in [0, 0.05) is 30.7 Å². The van der Waals surface area contributed by atoms with Crippen LogP contribution < -0.4 is 5.32 Å². The maximum absolute atomic E-state index is 5.05. The SMILES string of the molecule is COCCc1csc(NCC2CCCCS2)n1. The van der Waals surface area contributed by atoms with E-state index in [1.54, 1.807) is 18.4 Å². The number of thiazole rings is 1. The highest BCUT2D eigenvalue weighted by Gasteiger charge is 2.13. The molecule has 2 heterocycles. The van der Waals surface area contributed by atoms with Gasteiger partial charge in [-0.15, -0.1) is 11.3 Å². The van der Waals surface area contributed by atoms with Crippen molar-refractivity contribution >= 4 is 28.2 Å². The van der Waals surface area contributed by atoms with Gasteiger partial charge in [0.05, 0.1) is 12.3 Å². The first-order valence-corrected chi connectivity index (χ1v) is 8.10. The van der Waals surface area contributed by atoms with Gasteiger partial charge in [0.1, 0.15) is 0 Å². The minimum atomic E-state index is 0.752. The van der Waals surface area contributed by atoms with Crippen LogP contribution in [0.2, 0.25) is 0 Å². The normalized spacial score (nSPS) is 20.4. The first-order valence-electron chi connectivity index (χ1n) is 6.17. The predicted molar refractivity (Wildman–Crippen MR) is 76.3 cm³/mol. The monoisotopic (exact) mass is 272 g/mol. The van der Waals surface area contributed by atoms with Crippen molar-refractivity contribution in [2.75, 3.05) is 31.3 Å². The lowest BCUT2D eigenvalue weighted by molar-refractivity contribution is 0.201. The Morgan fingerprint density at radius 1 is 1.53 bits per heavy atom. The summed E-state index contributed by atoms with van der Waals surface area (Å²) in [5.74, 6) is 1.32. The molecule has 1 aromatic rings. The van der Waals surface area contributed by atoms with Gasteiger partial charge in [-0.2, -0.15) is 11.8 Å². The van der Waals surface area contributed by atoms with E-state index in [2.05, 4.69) is 27.4 Å². The molecule has 1 fully saturated rings. The summed E-state index contributed by atoms with van der Waals surface area (Å²) in [5.41, 5.74) is 1.13. The molecule has 0 aromatic carbocycles. The van der Waals surface area contributed by atoms with Crippen molar-refractivity contribution in [3.8, 4) is 0 Å². The molecule has 0 aliphatic carbocycles. The molecule has 1 aromatic heterocycles. The third-order valence-electron chi connectivity index (χ3n) is 2.87. The highest BCUT2D eigenvalue weighted by molar-refractivity contribution is 7.99. The molecule has 0 radical (unpaired) electrons. The summed E-state index contributed by atoms with van der Waals surface area (Å²) in [7, 11) is 1.73. The summed E-state index contributed by atoms with van der Waals surface area (Å²) in [5, 5.41) is 7.41.